The Hall–Kier alpha value is -0.0200. The number of carbonyl (C=O) groups excluding carboxylic acids is 1. The molecule has 0 saturated carbocycles. The third kappa shape index (κ3) is 5.43. The van der Waals surface area contributed by atoms with Gasteiger partial charge in [-0.2, -0.15) is 0 Å². The Morgan fingerprint density at radius 2 is 1.88 bits per heavy atom. The molecule has 3 heteroatoms. The van der Waals surface area contributed by atoms with Gasteiger partial charge in [0.25, 0.3) is 0 Å². The fraction of sp³-hybridized carbons (Fsp3) is 0.929. The average molecular weight is 257 g/mol. The molecule has 0 aromatic heterocycles. The minimum atomic E-state index is -0.155. The molecular weight excluding hydrogens is 230 g/mol. The van der Waals surface area contributed by atoms with E-state index in [0.717, 1.165) is 25.1 Å². The van der Waals surface area contributed by atoms with E-state index < -0.39 is 0 Å². The molecule has 0 aromatic carbocycles. The molecule has 17 heavy (non-hydrogen) atoms. The summed E-state index contributed by atoms with van der Waals surface area (Å²) in [6.07, 6.45) is 6.13. The summed E-state index contributed by atoms with van der Waals surface area (Å²) < 4.78 is 0. The van der Waals surface area contributed by atoms with Gasteiger partial charge in [0, 0.05) is 11.2 Å². The third-order valence-electron chi connectivity index (χ3n) is 3.49. The van der Waals surface area contributed by atoms with Gasteiger partial charge in [-0.15, -0.1) is 0 Å². The largest absolute Gasteiger partial charge is 0.303 e. The SMILES string of the molecule is CCCSC(=O)C(C)(C)CCN1CCCCC1. The molecule has 0 unspecified atom stereocenters. The van der Waals surface area contributed by atoms with Crippen molar-refractivity contribution in [1.29, 1.82) is 0 Å². The summed E-state index contributed by atoms with van der Waals surface area (Å²) in [5, 5.41) is 0.372. The lowest BCUT2D eigenvalue weighted by Crippen LogP contribution is -2.34. The van der Waals surface area contributed by atoms with Crippen LogP contribution in [0, 0.1) is 5.41 Å². The summed E-state index contributed by atoms with van der Waals surface area (Å²) in [5.41, 5.74) is -0.155. The van der Waals surface area contributed by atoms with Crippen molar-refractivity contribution in [2.45, 2.75) is 52.9 Å². The Bertz CT molecular complexity index is 234. The van der Waals surface area contributed by atoms with Crippen molar-refractivity contribution in [3.63, 3.8) is 0 Å². The molecule has 1 aliphatic rings. The topological polar surface area (TPSA) is 20.3 Å². The van der Waals surface area contributed by atoms with Crippen LogP contribution in [0.2, 0.25) is 0 Å². The van der Waals surface area contributed by atoms with Gasteiger partial charge in [-0.1, -0.05) is 39.0 Å². The van der Waals surface area contributed by atoms with Crippen LogP contribution in [-0.4, -0.2) is 35.4 Å². The van der Waals surface area contributed by atoms with Gasteiger partial charge in [-0.05, 0) is 45.3 Å². The van der Waals surface area contributed by atoms with Crippen LogP contribution in [0.4, 0.5) is 0 Å². The van der Waals surface area contributed by atoms with Gasteiger partial charge >= 0.3 is 0 Å². The maximum atomic E-state index is 12.0. The van der Waals surface area contributed by atoms with Crippen molar-refractivity contribution in [1.82, 2.24) is 4.90 Å². The van der Waals surface area contributed by atoms with E-state index in [-0.39, 0.29) is 5.41 Å². The molecule has 0 atom stereocenters. The van der Waals surface area contributed by atoms with E-state index in [1.54, 1.807) is 0 Å². The first-order valence-electron chi connectivity index (χ1n) is 6.96. The zero-order valence-electron chi connectivity index (χ0n) is 11.6. The van der Waals surface area contributed by atoms with Crippen LogP contribution in [0.25, 0.3) is 0 Å². The van der Waals surface area contributed by atoms with E-state index in [1.165, 1.54) is 44.1 Å². The quantitative estimate of drug-likeness (QED) is 0.725. The van der Waals surface area contributed by atoms with Crippen LogP contribution in [-0.2, 0) is 4.79 Å². The Morgan fingerprint density at radius 1 is 1.24 bits per heavy atom. The molecule has 1 aliphatic heterocycles. The van der Waals surface area contributed by atoms with Crippen LogP contribution in [0.1, 0.15) is 52.9 Å². The molecule has 0 radical (unpaired) electrons. The van der Waals surface area contributed by atoms with E-state index in [9.17, 15) is 4.79 Å². The maximum Gasteiger partial charge on any atom is 0.194 e. The number of likely N-dealkylation sites (tertiary alicyclic amines) is 1. The Kier molecular flexibility index (Phi) is 6.57. The number of hydrogen-bond acceptors (Lipinski definition) is 3. The van der Waals surface area contributed by atoms with Crippen molar-refractivity contribution in [2.24, 2.45) is 5.41 Å². The van der Waals surface area contributed by atoms with Crippen molar-refractivity contribution in [2.75, 3.05) is 25.4 Å². The van der Waals surface area contributed by atoms with Crippen LogP contribution in [0.5, 0.6) is 0 Å². The summed E-state index contributed by atoms with van der Waals surface area (Å²) >= 11 is 1.51. The fourth-order valence-electron chi connectivity index (χ4n) is 2.11. The highest BCUT2D eigenvalue weighted by Crippen LogP contribution is 2.28. The van der Waals surface area contributed by atoms with Crippen LogP contribution in [0.15, 0.2) is 0 Å². The molecule has 0 amide bonds. The number of piperidine rings is 1. The molecule has 1 heterocycles. The van der Waals surface area contributed by atoms with Gasteiger partial charge < -0.3 is 4.90 Å². The second-order valence-corrected chi connectivity index (χ2v) is 6.74. The molecule has 2 nitrogen and oxygen atoms in total. The monoisotopic (exact) mass is 257 g/mol. The standard InChI is InChI=1S/C14H27NOS/c1-4-12-17-13(16)14(2,3)8-11-15-9-6-5-7-10-15/h4-12H2,1-3H3. The molecule has 0 spiro atoms. The van der Waals surface area contributed by atoms with Crippen molar-refractivity contribution >= 4 is 16.9 Å². The van der Waals surface area contributed by atoms with Gasteiger partial charge in [0.15, 0.2) is 5.12 Å². The smallest absolute Gasteiger partial charge is 0.194 e. The number of carbonyl (C=O) groups is 1. The van der Waals surface area contributed by atoms with E-state index in [4.69, 9.17) is 0 Å². The molecule has 0 bridgehead atoms. The van der Waals surface area contributed by atoms with E-state index >= 15 is 0 Å². The highest BCUT2D eigenvalue weighted by molar-refractivity contribution is 8.13. The predicted molar refractivity (Wildman–Crippen MR) is 76.4 cm³/mol. The average Bonchev–Trinajstić information content (AvgIpc) is 2.35. The van der Waals surface area contributed by atoms with Gasteiger partial charge in [0.1, 0.15) is 0 Å². The van der Waals surface area contributed by atoms with Crippen LogP contribution in [0.3, 0.4) is 0 Å². The number of thioether (sulfide) groups is 1. The van der Waals surface area contributed by atoms with E-state index in [0.29, 0.717) is 5.12 Å². The number of nitrogens with zero attached hydrogens (tertiary/aromatic N) is 1. The van der Waals surface area contributed by atoms with Crippen molar-refractivity contribution in [3.8, 4) is 0 Å². The number of hydrogen-bond donors (Lipinski definition) is 0. The summed E-state index contributed by atoms with van der Waals surface area (Å²) in [4.78, 5) is 14.6. The van der Waals surface area contributed by atoms with Gasteiger partial charge in [-0.3, -0.25) is 4.79 Å². The molecule has 1 saturated heterocycles. The first-order chi connectivity index (χ1) is 8.06. The lowest BCUT2D eigenvalue weighted by Gasteiger charge is -2.30. The zero-order chi connectivity index (χ0) is 12.7. The first-order valence-corrected chi connectivity index (χ1v) is 7.94. The van der Waals surface area contributed by atoms with Gasteiger partial charge in [0.05, 0.1) is 0 Å². The molecular formula is C14H27NOS. The van der Waals surface area contributed by atoms with Crippen molar-refractivity contribution < 1.29 is 4.79 Å². The Morgan fingerprint density at radius 3 is 2.47 bits per heavy atom. The van der Waals surface area contributed by atoms with Crippen LogP contribution < -0.4 is 0 Å². The second-order valence-electron chi connectivity index (χ2n) is 5.67. The third-order valence-corrected chi connectivity index (χ3v) is 4.92. The molecule has 0 aromatic rings. The first kappa shape index (κ1) is 15.0. The highest BCUT2D eigenvalue weighted by Gasteiger charge is 2.28. The zero-order valence-corrected chi connectivity index (χ0v) is 12.4. The van der Waals surface area contributed by atoms with E-state index in [1.807, 2.05) is 0 Å². The lowest BCUT2D eigenvalue weighted by molar-refractivity contribution is -0.118. The molecule has 100 valence electrons. The maximum absolute atomic E-state index is 12.0. The Balaban J connectivity index is 2.29. The molecule has 0 aliphatic carbocycles. The van der Waals surface area contributed by atoms with E-state index in [2.05, 4.69) is 25.7 Å². The molecule has 1 rings (SSSR count). The summed E-state index contributed by atoms with van der Waals surface area (Å²) in [5.74, 6) is 0.964. The van der Waals surface area contributed by atoms with Crippen LogP contribution >= 0.6 is 11.8 Å². The van der Waals surface area contributed by atoms with Gasteiger partial charge in [-0.25, -0.2) is 0 Å². The normalized spacial score (nSPS) is 18.3. The number of rotatable bonds is 6. The Labute approximate surface area is 111 Å². The minimum absolute atomic E-state index is 0.155. The fourth-order valence-corrected chi connectivity index (χ4v) is 3.00. The van der Waals surface area contributed by atoms with Crippen molar-refractivity contribution in [3.05, 3.63) is 0 Å². The summed E-state index contributed by atoms with van der Waals surface area (Å²) in [7, 11) is 0. The summed E-state index contributed by atoms with van der Waals surface area (Å²) in [6, 6.07) is 0. The highest BCUT2D eigenvalue weighted by atomic mass is 32.2. The van der Waals surface area contributed by atoms with Gasteiger partial charge in [0.2, 0.25) is 0 Å². The minimum Gasteiger partial charge on any atom is -0.303 e. The predicted octanol–water partition coefficient (Wildman–Crippen LogP) is 3.56. The molecule has 0 N–H and O–H groups in total. The second kappa shape index (κ2) is 7.42. The molecule has 1 fully saturated rings. The summed E-state index contributed by atoms with van der Waals surface area (Å²) in [6.45, 7) is 9.87. The lowest BCUT2D eigenvalue weighted by atomic mass is 9.90.